The molecule has 3 aromatic rings. The zero-order valence-corrected chi connectivity index (χ0v) is 12.6. The number of rotatable bonds is 4. The van der Waals surface area contributed by atoms with Crippen LogP contribution in [0.1, 0.15) is 5.56 Å². The van der Waals surface area contributed by atoms with Crippen LogP contribution in [0.2, 0.25) is 5.02 Å². The van der Waals surface area contributed by atoms with Gasteiger partial charge in [0.05, 0.1) is 0 Å². The summed E-state index contributed by atoms with van der Waals surface area (Å²) in [5.74, 6) is 1.57. The number of benzene rings is 2. The number of aromatic nitrogens is 1. The van der Waals surface area contributed by atoms with E-state index in [2.05, 4.69) is 16.7 Å². The lowest BCUT2D eigenvalue weighted by Gasteiger charge is -2.11. The van der Waals surface area contributed by atoms with Gasteiger partial charge in [-0.15, -0.1) is 0 Å². The van der Waals surface area contributed by atoms with Gasteiger partial charge in [0.2, 0.25) is 0 Å². The number of nitrogens with zero attached hydrogens (tertiary/aromatic N) is 1. The molecule has 0 fully saturated rings. The topological polar surface area (TPSA) is 40.2 Å². The second kappa shape index (κ2) is 5.80. The van der Waals surface area contributed by atoms with Crippen LogP contribution in [0.5, 0.6) is 11.5 Å². The first-order valence-electron chi connectivity index (χ1n) is 6.89. The Hall–Kier alpha value is -1.97. The lowest BCUT2D eigenvalue weighted by Crippen LogP contribution is -2.04. The van der Waals surface area contributed by atoms with Crippen molar-refractivity contribution in [3.63, 3.8) is 0 Å². The van der Waals surface area contributed by atoms with Crippen molar-refractivity contribution in [3.8, 4) is 11.5 Å². The molecule has 1 aromatic heterocycles. The molecule has 2 N–H and O–H groups in total. The third-order valence-electron chi connectivity index (χ3n) is 3.53. The molecule has 0 amide bonds. The van der Waals surface area contributed by atoms with Crippen LogP contribution in [-0.4, -0.2) is 11.1 Å². The highest BCUT2D eigenvalue weighted by molar-refractivity contribution is 6.30. The molecule has 0 bridgehead atoms. The van der Waals surface area contributed by atoms with Gasteiger partial charge in [-0.25, -0.2) is 0 Å². The largest absolute Gasteiger partial charge is 0.457 e. The van der Waals surface area contributed by atoms with Gasteiger partial charge >= 0.3 is 0 Å². The van der Waals surface area contributed by atoms with Crippen molar-refractivity contribution >= 4 is 22.5 Å². The number of nitrogens with two attached hydrogens (primary N) is 1. The van der Waals surface area contributed by atoms with E-state index in [0.29, 0.717) is 11.6 Å². The maximum Gasteiger partial charge on any atom is 0.132 e. The van der Waals surface area contributed by atoms with Crippen molar-refractivity contribution in [1.82, 2.24) is 4.57 Å². The molecule has 21 heavy (non-hydrogen) atoms. The molecule has 0 atom stereocenters. The fourth-order valence-corrected chi connectivity index (χ4v) is 2.60. The smallest absolute Gasteiger partial charge is 0.132 e. The zero-order valence-electron chi connectivity index (χ0n) is 11.8. The minimum Gasteiger partial charge on any atom is -0.457 e. The van der Waals surface area contributed by atoms with Crippen LogP contribution < -0.4 is 10.5 Å². The highest BCUT2D eigenvalue weighted by atomic mass is 35.5. The van der Waals surface area contributed by atoms with Crippen LogP contribution in [0.15, 0.2) is 48.7 Å². The highest BCUT2D eigenvalue weighted by Gasteiger charge is 2.07. The van der Waals surface area contributed by atoms with E-state index >= 15 is 0 Å². The Morgan fingerprint density at radius 1 is 1.14 bits per heavy atom. The van der Waals surface area contributed by atoms with Gasteiger partial charge in [0.15, 0.2) is 0 Å². The highest BCUT2D eigenvalue weighted by Crippen LogP contribution is 2.30. The fourth-order valence-electron chi connectivity index (χ4n) is 2.44. The summed E-state index contributed by atoms with van der Waals surface area (Å²) in [6.45, 7) is 0.579. The van der Waals surface area contributed by atoms with Crippen molar-refractivity contribution in [3.05, 3.63) is 59.2 Å². The van der Waals surface area contributed by atoms with Gasteiger partial charge in [-0.05, 0) is 54.9 Å². The van der Waals surface area contributed by atoms with Crippen LogP contribution >= 0.6 is 11.6 Å². The van der Waals surface area contributed by atoms with Crippen molar-refractivity contribution in [2.45, 2.75) is 6.42 Å². The Balaban J connectivity index is 1.95. The molecule has 0 aliphatic heterocycles. The summed E-state index contributed by atoms with van der Waals surface area (Å²) in [4.78, 5) is 0. The predicted octanol–water partition coefficient (Wildman–Crippen LogP) is 4.13. The minimum absolute atomic E-state index is 0.579. The third kappa shape index (κ3) is 2.89. The molecule has 3 nitrogen and oxygen atoms in total. The molecule has 3 rings (SSSR count). The van der Waals surface area contributed by atoms with E-state index < -0.39 is 0 Å². The summed E-state index contributed by atoms with van der Waals surface area (Å²) in [5, 5.41) is 1.81. The summed E-state index contributed by atoms with van der Waals surface area (Å²) in [6.07, 6.45) is 2.80. The van der Waals surface area contributed by atoms with E-state index in [1.54, 1.807) is 0 Å². The van der Waals surface area contributed by atoms with Gasteiger partial charge < -0.3 is 15.0 Å². The van der Waals surface area contributed by atoms with E-state index in [4.69, 9.17) is 22.1 Å². The molecular formula is C17H17ClN2O. The molecule has 0 aliphatic rings. The van der Waals surface area contributed by atoms with E-state index in [1.165, 1.54) is 5.52 Å². The standard InChI is InChI=1S/C17H17ClN2O/c1-20-9-7-13-10-15(4-5-16(13)20)21-17-11-14(18)3-2-12(17)6-8-19/h2-5,7,9-11H,6,8,19H2,1H3. The van der Waals surface area contributed by atoms with Gasteiger partial charge in [0.25, 0.3) is 0 Å². The normalized spacial score (nSPS) is 11.0. The second-order valence-corrected chi connectivity index (χ2v) is 5.48. The SMILES string of the molecule is Cn1ccc2cc(Oc3cc(Cl)ccc3CCN)ccc21. The number of aryl methyl sites for hydroxylation is 1. The zero-order chi connectivity index (χ0) is 14.8. The average molecular weight is 301 g/mol. The number of hydrogen-bond acceptors (Lipinski definition) is 2. The molecule has 0 radical (unpaired) electrons. The molecule has 1 heterocycles. The predicted molar refractivity (Wildman–Crippen MR) is 87.2 cm³/mol. The van der Waals surface area contributed by atoms with E-state index in [1.807, 2.05) is 43.6 Å². The van der Waals surface area contributed by atoms with Crippen molar-refractivity contribution in [1.29, 1.82) is 0 Å². The molecule has 4 heteroatoms. The Kier molecular flexibility index (Phi) is 3.86. The summed E-state index contributed by atoms with van der Waals surface area (Å²) in [7, 11) is 2.03. The first kappa shape index (κ1) is 14.0. The quantitative estimate of drug-likeness (QED) is 0.787. The molecule has 0 saturated heterocycles. The van der Waals surface area contributed by atoms with Crippen molar-refractivity contribution in [2.75, 3.05) is 6.54 Å². The first-order valence-corrected chi connectivity index (χ1v) is 7.26. The molecule has 2 aromatic carbocycles. The van der Waals surface area contributed by atoms with Crippen LogP contribution in [0.3, 0.4) is 0 Å². The van der Waals surface area contributed by atoms with Gasteiger partial charge in [-0.2, -0.15) is 0 Å². The fraction of sp³-hybridized carbons (Fsp3) is 0.176. The lowest BCUT2D eigenvalue weighted by molar-refractivity contribution is 0.477. The first-order chi connectivity index (χ1) is 10.2. The molecule has 0 aliphatic carbocycles. The Morgan fingerprint density at radius 2 is 2.00 bits per heavy atom. The van der Waals surface area contributed by atoms with Crippen molar-refractivity contribution in [2.24, 2.45) is 12.8 Å². The molecule has 108 valence electrons. The maximum atomic E-state index is 6.07. The number of halogens is 1. The Morgan fingerprint density at radius 3 is 2.81 bits per heavy atom. The van der Waals surface area contributed by atoms with E-state index in [0.717, 1.165) is 28.9 Å². The van der Waals surface area contributed by atoms with Gasteiger partial charge in [-0.3, -0.25) is 0 Å². The Labute approximate surface area is 128 Å². The third-order valence-corrected chi connectivity index (χ3v) is 3.76. The van der Waals surface area contributed by atoms with Crippen LogP contribution in [-0.2, 0) is 13.5 Å². The van der Waals surface area contributed by atoms with E-state index in [-0.39, 0.29) is 0 Å². The summed E-state index contributed by atoms with van der Waals surface area (Å²) < 4.78 is 8.09. The molecule has 0 unspecified atom stereocenters. The van der Waals surface area contributed by atoms with Gasteiger partial charge in [0, 0.05) is 29.2 Å². The van der Waals surface area contributed by atoms with Crippen molar-refractivity contribution < 1.29 is 4.74 Å². The lowest BCUT2D eigenvalue weighted by atomic mass is 10.1. The van der Waals surface area contributed by atoms with Crippen LogP contribution in [0, 0.1) is 0 Å². The Bertz CT molecular complexity index is 780. The minimum atomic E-state index is 0.579. The number of fused-ring (bicyclic) bond motifs is 1. The number of ether oxygens (including phenoxy) is 1. The molecular weight excluding hydrogens is 284 g/mol. The summed E-state index contributed by atoms with van der Waals surface area (Å²) in [6, 6.07) is 13.8. The second-order valence-electron chi connectivity index (χ2n) is 5.04. The summed E-state index contributed by atoms with van der Waals surface area (Å²) >= 11 is 6.07. The van der Waals surface area contributed by atoms with Crippen LogP contribution in [0.25, 0.3) is 10.9 Å². The summed E-state index contributed by atoms with van der Waals surface area (Å²) in [5.41, 5.74) is 7.89. The monoisotopic (exact) mass is 300 g/mol. The van der Waals surface area contributed by atoms with Gasteiger partial charge in [0.1, 0.15) is 11.5 Å². The van der Waals surface area contributed by atoms with E-state index in [9.17, 15) is 0 Å². The molecule has 0 saturated carbocycles. The number of hydrogen-bond donors (Lipinski definition) is 1. The average Bonchev–Trinajstić information content (AvgIpc) is 2.83. The molecule has 0 spiro atoms. The van der Waals surface area contributed by atoms with Gasteiger partial charge in [-0.1, -0.05) is 17.7 Å². The maximum absolute atomic E-state index is 6.07. The van der Waals surface area contributed by atoms with Crippen LogP contribution in [0.4, 0.5) is 0 Å².